The van der Waals surface area contributed by atoms with Crippen LogP contribution in [0.3, 0.4) is 0 Å². The summed E-state index contributed by atoms with van der Waals surface area (Å²) in [5.74, 6) is 2.22. The first-order valence-corrected chi connectivity index (χ1v) is 17.8. The first-order valence-electron chi connectivity index (χ1n) is 17.8. The molecule has 2 aromatic heterocycles. The lowest BCUT2D eigenvalue weighted by Crippen LogP contribution is -2.49. The minimum Gasteiger partial charge on any atom is -0.493 e. The molecule has 2 aromatic carbocycles. The highest BCUT2D eigenvalue weighted by atomic mass is 16.5. The lowest BCUT2D eigenvalue weighted by Gasteiger charge is -2.38. The number of hydrogen-bond donors (Lipinski definition) is 0. The topological polar surface area (TPSA) is 101 Å². The van der Waals surface area contributed by atoms with Gasteiger partial charge in [0.2, 0.25) is 0 Å². The largest absolute Gasteiger partial charge is 0.493 e. The summed E-state index contributed by atoms with van der Waals surface area (Å²) in [4.78, 5) is 33.8. The fourth-order valence-corrected chi connectivity index (χ4v) is 7.36. The molecule has 264 valence electrons. The third-order valence-corrected chi connectivity index (χ3v) is 10.6. The van der Waals surface area contributed by atoms with Gasteiger partial charge in [-0.3, -0.25) is 28.8 Å². The molecule has 8 rings (SSSR count). The van der Waals surface area contributed by atoms with Crippen molar-refractivity contribution in [1.82, 2.24) is 39.2 Å². The van der Waals surface area contributed by atoms with E-state index in [-0.39, 0.29) is 11.8 Å². The van der Waals surface area contributed by atoms with Crippen LogP contribution in [-0.2, 0) is 26.9 Å². The van der Waals surface area contributed by atoms with Gasteiger partial charge in [-0.25, -0.2) is 0 Å². The van der Waals surface area contributed by atoms with Crippen LogP contribution in [0.15, 0.2) is 61.2 Å². The van der Waals surface area contributed by atoms with Crippen LogP contribution in [0.2, 0.25) is 0 Å². The van der Waals surface area contributed by atoms with E-state index in [4.69, 9.17) is 9.47 Å². The molecular weight excluding hydrogens is 632 g/mol. The lowest BCUT2D eigenvalue weighted by molar-refractivity contribution is 0.0576. The van der Waals surface area contributed by atoms with Crippen LogP contribution in [0.1, 0.15) is 68.9 Å². The molecule has 0 spiro atoms. The van der Waals surface area contributed by atoms with Crippen LogP contribution in [0, 0.1) is 0 Å². The highest BCUT2D eigenvalue weighted by Gasteiger charge is 2.28. The van der Waals surface area contributed by atoms with Crippen molar-refractivity contribution in [1.29, 1.82) is 0 Å². The molecule has 0 bridgehead atoms. The fraction of sp³-hybridized carbons (Fsp3) is 0.474. The molecule has 0 aliphatic carbocycles. The second-order valence-electron chi connectivity index (χ2n) is 13.7. The van der Waals surface area contributed by atoms with Crippen LogP contribution in [0.5, 0.6) is 11.5 Å². The summed E-state index contributed by atoms with van der Waals surface area (Å²) >= 11 is 0. The minimum atomic E-state index is 0.0753. The van der Waals surface area contributed by atoms with Gasteiger partial charge >= 0.3 is 0 Å². The Morgan fingerprint density at radius 1 is 0.620 bits per heavy atom. The number of amides is 2. The molecule has 4 aliphatic rings. The molecule has 4 aromatic rings. The van der Waals surface area contributed by atoms with Gasteiger partial charge in [-0.1, -0.05) is 24.3 Å². The Hall–Kier alpha value is -4.68. The maximum absolute atomic E-state index is 12.5. The van der Waals surface area contributed by atoms with Gasteiger partial charge in [0, 0.05) is 104 Å². The Balaban J connectivity index is 0.000000157. The summed E-state index contributed by atoms with van der Waals surface area (Å²) in [5.41, 5.74) is 6.52. The van der Waals surface area contributed by atoms with Gasteiger partial charge in [0.15, 0.2) is 0 Å². The Morgan fingerprint density at radius 2 is 1.02 bits per heavy atom. The third-order valence-electron chi connectivity index (χ3n) is 10.6. The summed E-state index contributed by atoms with van der Waals surface area (Å²) in [6.45, 7) is 12.6. The summed E-state index contributed by atoms with van der Waals surface area (Å²) in [5, 5.41) is 8.18. The molecule has 12 nitrogen and oxygen atoms in total. The standard InChI is InChI=1S/2C19H24N4O2/c2*1-14(16-4-3-15-5-10-25-18(15)11-16)22-6-8-23(9-7-22)19(24)17-12-20-21(2)13-17/h2*3-4,11-14H,5-10H2,1-2H3/t2*14-/m10/s1. The van der Waals surface area contributed by atoms with Crippen molar-refractivity contribution >= 4 is 11.8 Å². The number of hydrogen-bond acceptors (Lipinski definition) is 8. The highest BCUT2D eigenvalue weighted by Crippen LogP contribution is 2.32. The first-order chi connectivity index (χ1) is 24.2. The van der Waals surface area contributed by atoms with E-state index in [0.29, 0.717) is 23.2 Å². The van der Waals surface area contributed by atoms with E-state index in [1.165, 1.54) is 22.3 Å². The Labute approximate surface area is 294 Å². The second kappa shape index (κ2) is 14.7. The normalized spacial score (nSPS) is 18.7. The minimum absolute atomic E-state index is 0.0753. The van der Waals surface area contributed by atoms with Crippen LogP contribution in [0.25, 0.3) is 0 Å². The Kier molecular flexibility index (Phi) is 9.91. The summed E-state index contributed by atoms with van der Waals surface area (Å²) in [7, 11) is 3.66. The van der Waals surface area contributed by atoms with E-state index in [0.717, 1.165) is 89.9 Å². The molecular formula is C38H48N8O4. The number of fused-ring (bicyclic) bond motifs is 2. The number of nitrogens with zero attached hydrogens (tertiary/aromatic N) is 8. The Morgan fingerprint density at radius 3 is 1.38 bits per heavy atom. The molecule has 50 heavy (non-hydrogen) atoms. The average Bonchev–Trinajstić information content (AvgIpc) is 3.98. The number of aromatic nitrogens is 4. The molecule has 0 N–H and O–H groups in total. The van der Waals surface area contributed by atoms with E-state index >= 15 is 0 Å². The van der Waals surface area contributed by atoms with Crippen molar-refractivity contribution in [2.24, 2.45) is 14.1 Å². The van der Waals surface area contributed by atoms with E-state index in [1.807, 2.05) is 23.9 Å². The van der Waals surface area contributed by atoms with Gasteiger partial charge in [-0.05, 0) is 48.2 Å². The van der Waals surface area contributed by atoms with Crippen LogP contribution in [0.4, 0.5) is 0 Å². The van der Waals surface area contributed by atoms with Gasteiger partial charge in [-0.15, -0.1) is 0 Å². The SMILES string of the molecule is C[C@@H](c1ccc2c(c1)OCC2)N1CCN(C(=O)c2cnn(C)c2)CC1.C[C@H](c1ccc2c(c1)OCC2)N1CCN(C(=O)c2cnn(C)c2)CC1. The van der Waals surface area contributed by atoms with Gasteiger partial charge in [0.1, 0.15) is 11.5 Å². The van der Waals surface area contributed by atoms with Crippen molar-refractivity contribution in [3.8, 4) is 11.5 Å². The number of rotatable bonds is 6. The molecule has 2 saturated heterocycles. The van der Waals surface area contributed by atoms with Crippen molar-refractivity contribution in [2.75, 3.05) is 65.6 Å². The zero-order chi connectivity index (χ0) is 34.8. The van der Waals surface area contributed by atoms with Gasteiger partial charge in [-0.2, -0.15) is 10.2 Å². The summed E-state index contributed by atoms with van der Waals surface area (Å²) in [6.07, 6.45) is 8.87. The fourth-order valence-electron chi connectivity index (χ4n) is 7.36. The first kappa shape index (κ1) is 33.8. The second-order valence-corrected chi connectivity index (χ2v) is 13.7. The number of aryl methyl sites for hydroxylation is 2. The number of carbonyl (C=O) groups excluding carboxylic acids is 2. The molecule has 6 heterocycles. The monoisotopic (exact) mass is 680 g/mol. The molecule has 2 amide bonds. The maximum atomic E-state index is 12.5. The molecule has 2 atom stereocenters. The summed E-state index contributed by atoms with van der Waals surface area (Å²) in [6, 6.07) is 13.8. The Bertz CT molecular complexity index is 1690. The van der Waals surface area contributed by atoms with Crippen molar-refractivity contribution in [2.45, 2.75) is 38.8 Å². The van der Waals surface area contributed by atoms with E-state index in [1.54, 1.807) is 34.2 Å². The highest BCUT2D eigenvalue weighted by molar-refractivity contribution is 5.94. The van der Waals surface area contributed by atoms with Gasteiger partial charge in [0.25, 0.3) is 11.8 Å². The molecule has 0 unspecified atom stereocenters. The van der Waals surface area contributed by atoms with E-state index in [9.17, 15) is 9.59 Å². The van der Waals surface area contributed by atoms with Gasteiger partial charge < -0.3 is 19.3 Å². The molecule has 4 aliphatic heterocycles. The predicted octanol–water partition coefficient (Wildman–Crippen LogP) is 3.75. The van der Waals surface area contributed by atoms with Crippen LogP contribution >= 0.6 is 0 Å². The number of piperazine rings is 2. The predicted molar refractivity (Wildman–Crippen MR) is 189 cm³/mol. The van der Waals surface area contributed by atoms with E-state index < -0.39 is 0 Å². The lowest BCUT2D eigenvalue weighted by atomic mass is 10.0. The van der Waals surface area contributed by atoms with Crippen molar-refractivity contribution in [3.05, 3.63) is 94.6 Å². The number of ether oxygens (including phenoxy) is 2. The van der Waals surface area contributed by atoms with Crippen LogP contribution in [-0.4, -0.2) is 117 Å². The molecule has 0 radical (unpaired) electrons. The molecule has 0 saturated carbocycles. The maximum Gasteiger partial charge on any atom is 0.257 e. The average molecular weight is 681 g/mol. The zero-order valence-corrected chi connectivity index (χ0v) is 29.6. The van der Waals surface area contributed by atoms with Gasteiger partial charge in [0.05, 0.1) is 36.7 Å². The smallest absolute Gasteiger partial charge is 0.257 e. The number of carbonyl (C=O) groups is 2. The zero-order valence-electron chi connectivity index (χ0n) is 29.6. The van der Waals surface area contributed by atoms with Crippen LogP contribution < -0.4 is 9.47 Å². The molecule has 12 heteroatoms. The number of benzene rings is 2. The summed E-state index contributed by atoms with van der Waals surface area (Å²) < 4.78 is 14.7. The quantitative estimate of drug-likeness (QED) is 0.304. The van der Waals surface area contributed by atoms with Crippen molar-refractivity contribution < 1.29 is 19.1 Å². The third kappa shape index (κ3) is 7.27. The van der Waals surface area contributed by atoms with E-state index in [2.05, 4.69) is 70.2 Å². The molecule has 2 fully saturated rings. The van der Waals surface area contributed by atoms with Crippen molar-refractivity contribution in [3.63, 3.8) is 0 Å².